The molecular formula is C12H10Cl2O3S. The fourth-order valence-electron chi connectivity index (χ4n) is 2.15. The summed E-state index contributed by atoms with van der Waals surface area (Å²) in [5.74, 6) is -1.10. The molecule has 1 atom stereocenters. The van der Waals surface area contributed by atoms with Crippen molar-refractivity contribution in [2.75, 3.05) is 0 Å². The van der Waals surface area contributed by atoms with Crippen LogP contribution in [0.5, 0.6) is 0 Å². The summed E-state index contributed by atoms with van der Waals surface area (Å²) in [6.45, 7) is 1.28. The Morgan fingerprint density at radius 1 is 1.44 bits per heavy atom. The van der Waals surface area contributed by atoms with Gasteiger partial charge in [-0.3, -0.25) is 9.59 Å². The number of rotatable bonds is 2. The van der Waals surface area contributed by atoms with Crippen molar-refractivity contribution < 1.29 is 14.7 Å². The zero-order valence-corrected chi connectivity index (χ0v) is 11.8. The van der Waals surface area contributed by atoms with Gasteiger partial charge in [-0.05, 0) is 18.6 Å². The molecule has 0 saturated carbocycles. The lowest BCUT2D eigenvalue weighted by Gasteiger charge is -2.22. The number of Topliss-reactive ketones (excluding diaryl/α,β-unsaturated/α-hetero) is 2. The molecule has 3 nitrogen and oxygen atoms in total. The third kappa shape index (κ3) is 2.46. The van der Waals surface area contributed by atoms with Gasteiger partial charge in [0, 0.05) is 18.8 Å². The van der Waals surface area contributed by atoms with E-state index in [4.69, 9.17) is 23.2 Å². The molecule has 0 aromatic carbocycles. The molecule has 0 saturated heterocycles. The maximum Gasteiger partial charge on any atom is 0.170 e. The van der Waals surface area contributed by atoms with Crippen LogP contribution in [0.25, 0.3) is 0 Å². The number of ketones is 2. The highest BCUT2D eigenvalue weighted by atomic mass is 35.5. The molecule has 1 aliphatic rings. The third-order valence-electron chi connectivity index (χ3n) is 2.91. The molecule has 0 aliphatic heterocycles. The van der Waals surface area contributed by atoms with Gasteiger partial charge in [0.25, 0.3) is 0 Å². The summed E-state index contributed by atoms with van der Waals surface area (Å²) in [6.07, 6.45) is 0.416. The molecule has 1 N–H and O–H groups in total. The summed E-state index contributed by atoms with van der Waals surface area (Å²) in [4.78, 5) is 23.1. The van der Waals surface area contributed by atoms with Crippen LogP contribution in [0.15, 0.2) is 17.4 Å². The van der Waals surface area contributed by atoms with Crippen molar-refractivity contribution >= 4 is 46.1 Å². The molecule has 18 heavy (non-hydrogen) atoms. The highest BCUT2D eigenvalue weighted by Gasteiger charge is 2.32. The summed E-state index contributed by atoms with van der Waals surface area (Å²) >= 11 is 13.1. The van der Waals surface area contributed by atoms with Crippen molar-refractivity contribution in [1.82, 2.24) is 0 Å². The van der Waals surface area contributed by atoms with Crippen molar-refractivity contribution in [3.8, 4) is 0 Å². The van der Waals surface area contributed by atoms with E-state index >= 15 is 0 Å². The van der Waals surface area contributed by atoms with Crippen LogP contribution in [0.4, 0.5) is 0 Å². The van der Waals surface area contributed by atoms with Gasteiger partial charge in [0.2, 0.25) is 0 Å². The first-order valence-electron chi connectivity index (χ1n) is 5.31. The number of allylic oxidation sites excluding steroid dienone is 2. The average Bonchev–Trinajstić information content (AvgIpc) is 2.56. The summed E-state index contributed by atoms with van der Waals surface area (Å²) in [7, 11) is 0. The maximum atomic E-state index is 11.8. The van der Waals surface area contributed by atoms with Crippen LogP contribution in [0, 0.1) is 0 Å². The second-order valence-electron chi connectivity index (χ2n) is 4.19. The van der Waals surface area contributed by atoms with Gasteiger partial charge in [-0.2, -0.15) is 0 Å². The van der Waals surface area contributed by atoms with Crippen LogP contribution in [-0.4, -0.2) is 16.7 Å². The molecule has 2 rings (SSSR count). The normalized spacial score (nSPS) is 20.4. The van der Waals surface area contributed by atoms with E-state index in [1.165, 1.54) is 18.3 Å². The molecular weight excluding hydrogens is 295 g/mol. The van der Waals surface area contributed by atoms with Gasteiger partial charge in [0.15, 0.2) is 11.6 Å². The monoisotopic (exact) mass is 304 g/mol. The predicted molar refractivity (Wildman–Crippen MR) is 71.7 cm³/mol. The van der Waals surface area contributed by atoms with E-state index < -0.39 is 5.78 Å². The van der Waals surface area contributed by atoms with Crippen molar-refractivity contribution in [2.45, 2.75) is 25.7 Å². The third-order valence-corrected chi connectivity index (χ3v) is 4.43. The lowest BCUT2D eigenvalue weighted by molar-refractivity contribution is -0.121. The van der Waals surface area contributed by atoms with E-state index in [1.54, 1.807) is 6.07 Å². The minimum atomic E-state index is -0.398. The molecule has 1 unspecified atom stereocenters. The van der Waals surface area contributed by atoms with Crippen LogP contribution < -0.4 is 0 Å². The highest BCUT2D eigenvalue weighted by molar-refractivity contribution is 7.20. The second-order valence-corrected chi connectivity index (χ2v) is 6.47. The Balaban J connectivity index is 2.35. The molecule has 96 valence electrons. The van der Waals surface area contributed by atoms with Crippen molar-refractivity contribution in [2.24, 2.45) is 0 Å². The van der Waals surface area contributed by atoms with Crippen LogP contribution in [-0.2, 0) is 9.59 Å². The van der Waals surface area contributed by atoms with Crippen molar-refractivity contribution in [3.05, 3.63) is 31.6 Å². The number of aliphatic hydroxyl groups excluding tert-OH is 1. The van der Waals surface area contributed by atoms with Crippen LogP contribution in [0.2, 0.25) is 8.67 Å². The minimum absolute atomic E-state index is 0.0799. The van der Waals surface area contributed by atoms with Gasteiger partial charge in [-0.1, -0.05) is 23.2 Å². The summed E-state index contributed by atoms with van der Waals surface area (Å²) < 4.78 is 1.07. The Kier molecular flexibility index (Phi) is 3.80. The smallest absolute Gasteiger partial charge is 0.170 e. The summed E-state index contributed by atoms with van der Waals surface area (Å²) in [6, 6.07) is 1.71. The molecule has 0 amide bonds. The molecule has 1 aromatic rings. The first-order valence-corrected chi connectivity index (χ1v) is 6.88. The second kappa shape index (κ2) is 5.03. The number of hydrogen-bond donors (Lipinski definition) is 1. The highest BCUT2D eigenvalue weighted by Crippen LogP contribution is 2.42. The summed E-state index contributed by atoms with van der Waals surface area (Å²) in [5.41, 5.74) is 0.679. The molecule has 0 spiro atoms. The molecule has 1 heterocycles. The zero-order valence-electron chi connectivity index (χ0n) is 9.50. The fourth-order valence-corrected chi connectivity index (χ4v) is 3.77. The van der Waals surface area contributed by atoms with Gasteiger partial charge in [-0.15, -0.1) is 11.3 Å². The minimum Gasteiger partial charge on any atom is -0.511 e. The van der Waals surface area contributed by atoms with E-state index in [1.807, 2.05) is 0 Å². The Hall–Kier alpha value is -0.840. The molecule has 0 fully saturated rings. The standard InChI is InChI=1S/C12H10Cl2O3S/c1-5(15)11-8(16)2-6(3-9(11)17)7-4-10(13)18-12(7)14/h4,6,16H,2-3H2,1H3. The largest absolute Gasteiger partial charge is 0.511 e. The lowest BCUT2D eigenvalue weighted by atomic mass is 9.82. The van der Waals surface area contributed by atoms with E-state index in [9.17, 15) is 14.7 Å². The lowest BCUT2D eigenvalue weighted by Crippen LogP contribution is -2.22. The first kappa shape index (κ1) is 13.6. The van der Waals surface area contributed by atoms with Gasteiger partial charge in [-0.25, -0.2) is 0 Å². The SMILES string of the molecule is CC(=O)C1=C(O)CC(c2cc(Cl)sc2Cl)CC1=O. The Bertz CT molecular complexity index is 560. The van der Waals surface area contributed by atoms with Crippen LogP contribution >= 0.6 is 34.5 Å². The predicted octanol–water partition coefficient (Wildman–Crippen LogP) is 3.90. The number of halogens is 2. The quantitative estimate of drug-likeness (QED) is 0.843. The average molecular weight is 305 g/mol. The molecule has 1 aliphatic carbocycles. The number of thiophene rings is 1. The number of hydrogen-bond acceptors (Lipinski definition) is 4. The molecule has 0 radical (unpaired) electrons. The van der Waals surface area contributed by atoms with Crippen molar-refractivity contribution in [3.63, 3.8) is 0 Å². The summed E-state index contributed by atoms with van der Waals surface area (Å²) in [5, 5.41) is 9.80. The zero-order chi connectivity index (χ0) is 13.4. The Labute approximate surface area is 118 Å². The fraction of sp³-hybridized carbons (Fsp3) is 0.333. The van der Waals surface area contributed by atoms with Gasteiger partial charge < -0.3 is 5.11 Å². The molecule has 0 bridgehead atoms. The van der Waals surface area contributed by atoms with E-state index in [0.717, 1.165) is 5.56 Å². The van der Waals surface area contributed by atoms with Gasteiger partial charge >= 0.3 is 0 Å². The number of carbonyl (C=O) groups is 2. The van der Waals surface area contributed by atoms with Crippen molar-refractivity contribution in [1.29, 1.82) is 0 Å². The van der Waals surface area contributed by atoms with E-state index in [0.29, 0.717) is 8.67 Å². The number of carbonyl (C=O) groups excluding carboxylic acids is 2. The molecule has 6 heteroatoms. The first-order chi connectivity index (χ1) is 8.40. The van der Waals surface area contributed by atoms with E-state index in [-0.39, 0.29) is 35.9 Å². The Morgan fingerprint density at radius 3 is 2.56 bits per heavy atom. The number of aliphatic hydroxyl groups is 1. The van der Waals surface area contributed by atoms with Crippen LogP contribution in [0.3, 0.4) is 0 Å². The van der Waals surface area contributed by atoms with Gasteiger partial charge in [0.05, 0.1) is 14.2 Å². The Morgan fingerprint density at radius 2 is 2.11 bits per heavy atom. The molecule has 1 aromatic heterocycles. The van der Waals surface area contributed by atoms with Crippen LogP contribution in [0.1, 0.15) is 31.2 Å². The van der Waals surface area contributed by atoms with E-state index in [2.05, 4.69) is 0 Å². The maximum absolute atomic E-state index is 11.8. The van der Waals surface area contributed by atoms with Gasteiger partial charge in [0.1, 0.15) is 5.76 Å². The topological polar surface area (TPSA) is 54.4 Å².